The number of hydrogen-bond acceptors (Lipinski definition) is 2. The lowest BCUT2D eigenvalue weighted by atomic mass is 10.1. The van der Waals surface area contributed by atoms with Crippen molar-refractivity contribution in [1.29, 1.82) is 0 Å². The highest BCUT2D eigenvalue weighted by molar-refractivity contribution is 5.49. The number of anilines is 1. The number of unbranched alkanes of at least 4 members (excludes halogenated alkanes) is 6. The second kappa shape index (κ2) is 9.09. The van der Waals surface area contributed by atoms with Crippen LogP contribution < -0.4 is 10.6 Å². The average molecular weight is 288 g/mol. The van der Waals surface area contributed by atoms with Crippen LogP contribution in [0.1, 0.15) is 70.3 Å². The fraction of sp³-hybridized carbons (Fsp3) is 0.684. The van der Waals surface area contributed by atoms with E-state index in [0.29, 0.717) is 6.54 Å². The van der Waals surface area contributed by atoms with Gasteiger partial charge in [0.2, 0.25) is 0 Å². The third kappa shape index (κ3) is 5.70. The second-order valence-electron chi connectivity index (χ2n) is 6.42. The van der Waals surface area contributed by atoms with E-state index < -0.39 is 0 Å². The van der Waals surface area contributed by atoms with Crippen molar-refractivity contribution in [2.45, 2.75) is 77.3 Å². The van der Waals surface area contributed by atoms with Crippen molar-refractivity contribution in [3.05, 3.63) is 29.8 Å². The molecule has 1 fully saturated rings. The Morgan fingerprint density at radius 3 is 2.14 bits per heavy atom. The summed E-state index contributed by atoms with van der Waals surface area (Å²) in [6, 6.07) is 9.66. The van der Waals surface area contributed by atoms with Gasteiger partial charge in [0, 0.05) is 24.8 Å². The highest BCUT2D eigenvalue weighted by Crippen LogP contribution is 2.32. The van der Waals surface area contributed by atoms with Crippen molar-refractivity contribution in [3.63, 3.8) is 0 Å². The van der Waals surface area contributed by atoms with Crippen molar-refractivity contribution in [1.82, 2.24) is 0 Å². The van der Waals surface area contributed by atoms with E-state index in [0.717, 1.165) is 6.04 Å². The van der Waals surface area contributed by atoms with Gasteiger partial charge in [-0.05, 0) is 37.0 Å². The fourth-order valence-corrected chi connectivity index (χ4v) is 2.97. The minimum absolute atomic E-state index is 0.640. The standard InChI is InChI=1S/C19H32N2/c1-2-3-4-5-6-7-8-15-21(19-13-14-19)18-11-9-17(16-20)10-12-18/h9-12,19H,2-8,13-16,20H2,1H3. The van der Waals surface area contributed by atoms with Gasteiger partial charge in [-0.1, -0.05) is 57.6 Å². The molecule has 1 aliphatic rings. The Labute approximate surface area is 130 Å². The first-order chi connectivity index (χ1) is 10.3. The largest absolute Gasteiger partial charge is 0.369 e. The van der Waals surface area contributed by atoms with Gasteiger partial charge in [0.25, 0.3) is 0 Å². The summed E-state index contributed by atoms with van der Waals surface area (Å²) >= 11 is 0. The van der Waals surface area contributed by atoms with Crippen LogP contribution in [-0.4, -0.2) is 12.6 Å². The summed E-state index contributed by atoms with van der Waals surface area (Å²) in [4.78, 5) is 2.62. The van der Waals surface area contributed by atoms with Crippen molar-refractivity contribution < 1.29 is 0 Å². The van der Waals surface area contributed by atoms with Crippen LogP contribution >= 0.6 is 0 Å². The average Bonchev–Trinajstić information content (AvgIpc) is 3.35. The smallest absolute Gasteiger partial charge is 0.0368 e. The molecule has 1 aromatic carbocycles. The summed E-state index contributed by atoms with van der Waals surface area (Å²) in [6.45, 7) is 4.14. The van der Waals surface area contributed by atoms with E-state index in [-0.39, 0.29) is 0 Å². The zero-order chi connectivity index (χ0) is 14.9. The quantitative estimate of drug-likeness (QED) is 0.589. The molecule has 2 nitrogen and oxygen atoms in total. The molecule has 0 spiro atoms. The molecule has 2 heteroatoms. The summed E-state index contributed by atoms with van der Waals surface area (Å²) in [5.41, 5.74) is 8.30. The molecule has 1 aromatic rings. The Balaban J connectivity index is 1.72. The highest BCUT2D eigenvalue weighted by Gasteiger charge is 2.28. The van der Waals surface area contributed by atoms with Gasteiger partial charge in [0.05, 0.1) is 0 Å². The van der Waals surface area contributed by atoms with Gasteiger partial charge in [0.1, 0.15) is 0 Å². The predicted molar refractivity (Wildman–Crippen MR) is 92.7 cm³/mol. The van der Waals surface area contributed by atoms with Crippen LogP contribution in [0.4, 0.5) is 5.69 Å². The number of nitrogens with two attached hydrogens (primary N) is 1. The number of nitrogens with zero attached hydrogens (tertiary/aromatic N) is 1. The summed E-state index contributed by atoms with van der Waals surface area (Å²) in [5, 5.41) is 0. The molecular weight excluding hydrogens is 256 g/mol. The summed E-state index contributed by atoms with van der Waals surface area (Å²) in [5.74, 6) is 0. The van der Waals surface area contributed by atoms with Gasteiger partial charge in [0.15, 0.2) is 0 Å². The van der Waals surface area contributed by atoms with E-state index in [1.165, 1.54) is 75.6 Å². The predicted octanol–water partition coefficient (Wildman–Crippen LogP) is 4.86. The van der Waals surface area contributed by atoms with E-state index >= 15 is 0 Å². The summed E-state index contributed by atoms with van der Waals surface area (Å²) in [6.07, 6.45) is 12.5. The Hall–Kier alpha value is -1.02. The topological polar surface area (TPSA) is 29.3 Å². The van der Waals surface area contributed by atoms with Gasteiger partial charge in [-0.15, -0.1) is 0 Å². The number of benzene rings is 1. The number of hydrogen-bond donors (Lipinski definition) is 1. The van der Waals surface area contributed by atoms with Crippen LogP contribution in [0.25, 0.3) is 0 Å². The normalized spacial score (nSPS) is 14.4. The third-order valence-corrected chi connectivity index (χ3v) is 4.49. The Bertz CT molecular complexity index is 381. The lowest BCUT2D eigenvalue weighted by Gasteiger charge is -2.25. The fourth-order valence-electron chi connectivity index (χ4n) is 2.97. The molecule has 0 atom stereocenters. The zero-order valence-corrected chi connectivity index (χ0v) is 13.7. The lowest BCUT2D eigenvalue weighted by Crippen LogP contribution is -2.26. The molecule has 0 bridgehead atoms. The minimum atomic E-state index is 0.640. The number of rotatable bonds is 11. The molecule has 0 saturated heterocycles. The van der Waals surface area contributed by atoms with Gasteiger partial charge in [-0.3, -0.25) is 0 Å². The lowest BCUT2D eigenvalue weighted by molar-refractivity contribution is 0.582. The maximum atomic E-state index is 5.68. The van der Waals surface area contributed by atoms with Crippen LogP contribution in [0, 0.1) is 0 Å². The van der Waals surface area contributed by atoms with Crippen LogP contribution in [0.3, 0.4) is 0 Å². The molecule has 0 heterocycles. The van der Waals surface area contributed by atoms with Crippen LogP contribution in [0.5, 0.6) is 0 Å². The van der Waals surface area contributed by atoms with Gasteiger partial charge < -0.3 is 10.6 Å². The van der Waals surface area contributed by atoms with E-state index in [1.54, 1.807) is 0 Å². The maximum Gasteiger partial charge on any atom is 0.0368 e. The Kier molecular flexibility index (Phi) is 7.08. The molecule has 0 aliphatic heterocycles. The highest BCUT2D eigenvalue weighted by atomic mass is 15.2. The zero-order valence-electron chi connectivity index (χ0n) is 13.7. The summed E-state index contributed by atoms with van der Waals surface area (Å²) < 4.78 is 0. The first-order valence-electron chi connectivity index (χ1n) is 8.90. The van der Waals surface area contributed by atoms with Crippen LogP contribution in [0.15, 0.2) is 24.3 Å². The molecule has 2 N–H and O–H groups in total. The molecule has 0 radical (unpaired) electrons. The molecule has 1 aliphatic carbocycles. The SMILES string of the molecule is CCCCCCCCCN(c1ccc(CN)cc1)C1CC1. The second-order valence-corrected chi connectivity index (χ2v) is 6.42. The van der Waals surface area contributed by atoms with E-state index in [1.807, 2.05) is 0 Å². The molecular formula is C19H32N2. The van der Waals surface area contributed by atoms with Crippen molar-refractivity contribution >= 4 is 5.69 Å². The monoisotopic (exact) mass is 288 g/mol. The van der Waals surface area contributed by atoms with E-state index in [2.05, 4.69) is 36.1 Å². The maximum absolute atomic E-state index is 5.68. The molecule has 118 valence electrons. The Morgan fingerprint density at radius 1 is 0.952 bits per heavy atom. The molecule has 21 heavy (non-hydrogen) atoms. The first kappa shape index (κ1) is 16.4. The van der Waals surface area contributed by atoms with Crippen LogP contribution in [-0.2, 0) is 6.54 Å². The van der Waals surface area contributed by atoms with Crippen LogP contribution in [0.2, 0.25) is 0 Å². The van der Waals surface area contributed by atoms with Gasteiger partial charge in [-0.25, -0.2) is 0 Å². The van der Waals surface area contributed by atoms with Gasteiger partial charge >= 0.3 is 0 Å². The van der Waals surface area contributed by atoms with E-state index in [4.69, 9.17) is 5.73 Å². The Morgan fingerprint density at radius 2 is 1.57 bits per heavy atom. The molecule has 2 rings (SSSR count). The third-order valence-electron chi connectivity index (χ3n) is 4.49. The molecule has 0 amide bonds. The van der Waals surface area contributed by atoms with E-state index in [9.17, 15) is 0 Å². The van der Waals surface area contributed by atoms with Crippen molar-refractivity contribution in [3.8, 4) is 0 Å². The van der Waals surface area contributed by atoms with Gasteiger partial charge in [-0.2, -0.15) is 0 Å². The minimum Gasteiger partial charge on any atom is -0.369 e. The van der Waals surface area contributed by atoms with Crippen molar-refractivity contribution in [2.75, 3.05) is 11.4 Å². The molecule has 1 saturated carbocycles. The molecule has 0 unspecified atom stereocenters. The summed E-state index contributed by atoms with van der Waals surface area (Å²) in [7, 11) is 0. The van der Waals surface area contributed by atoms with Crippen molar-refractivity contribution in [2.24, 2.45) is 5.73 Å². The first-order valence-corrected chi connectivity index (χ1v) is 8.90. The molecule has 0 aromatic heterocycles.